The molecule has 0 saturated heterocycles. The van der Waals surface area contributed by atoms with Crippen molar-refractivity contribution >= 4 is 23.6 Å². The Bertz CT molecular complexity index is 1240. The summed E-state index contributed by atoms with van der Waals surface area (Å²) in [7, 11) is 1.66. The molecule has 3 rings (SSSR count). The molecule has 0 saturated carbocycles. The average Bonchev–Trinajstić information content (AvgIpc) is 2.95. The van der Waals surface area contributed by atoms with Gasteiger partial charge in [-0.2, -0.15) is 0 Å². The van der Waals surface area contributed by atoms with Gasteiger partial charge < -0.3 is 25.8 Å². The van der Waals surface area contributed by atoms with Crippen LogP contribution < -0.4 is 16.0 Å². The lowest BCUT2D eigenvalue weighted by atomic mass is 9.86. The number of aryl methyl sites for hydroxylation is 1. The van der Waals surface area contributed by atoms with Gasteiger partial charge in [-0.1, -0.05) is 80.9 Å². The molecule has 2 aromatic carbocycles. The monoisotopic (exact) mass is 561 g/mol. The Morgan fingerprint density at radius 2 is 1.59 bits per heavy atom. The molecule has 1 aliphatic heterocycles. The van der Waals surface area contributed by atoms with Crippen LogP contribution in [0.4, 0.5) is 0 Å². The van der Waals surface area contributed by atoms with Gasteiger partial charge in [-0.3, -0.25) is 19.2 Å². The van der Waals surface area contributed by atoms with Crippen molar-refractivity contribution in [2.45, 2.75) is 65.6 Å². The summed E-state index contributed by atoms with van der Waals surface area (Å²) >= 11 is 0. The highest BCUT2D eigenvalue weighted by molar-refractivity contribution is 5.94. The smallest absolute Gasteiger partial charge is 0.250 e. The van der Waals surface area contributed by atoms with Gasteiger partial charge >= 0.3 is 0 Å². The number of amides is 4. The van der Waals surface area contributed by atoms with Crippen LogP contribution in [0.25, 0.3) is 0 Å². The van der Waals surface area contributed by atoms with Crippen LogP contribution in [0, 0.1) is 12.3 Å². The highest BCUT2D eigenvalue weighted by Gasteiger charge is 2.37. The molecular formula is C32H43N5O4. The molecule has 0 aromatic heterocycles. The number of hydrogen-bond donors (Lipinski definition) is 3. The molecule has 0 fully saturated rings. The van der Waals surface area contributed by atoms with Crippen molar-refractivity contribution < 1.29 is 19.2 Å². The molecule has 0 aliphatic carbocycles. The number of likely N-dealkylation sites (N-methyl/N-ethyl adjacent to an activating group) is 1. The summed E-state index contributed by atoms with van der Waals surface area (Å²) in [5.41, 5.74) is 2.64. The van der Waals surface area contributed by atoms with Gasteiger partial charge in [0.05, 0.1) is 12.6 Å². The fraction of sp³-hybridized carbons (Fsp3) is 0.438. The van der Waals surface area contributed by atoms with Crippen molar-refractivity contribution in [2.75, 3.05) is 20.1 Å². The third-order valence-electron chi connectivity index (χ3n) is 7.29. The van der Waals surface area contributed by atoms with Crippen molar-refractivity contribution in [3.63, 3.8) is 0 Å². The molecule has 3 atom stereocenters. The van der Waals surface area contributed by atoms with Gasteiger partial charge in [0.25, 0.3) is 0 Å². The predicted molar refractivity (Wildman–Crippen MR) is 159 cm³/mol. The Kier molecular flexibility index (Phi) is 10.8. The maximum Gasteiger partial charge on any atom is 0.250 e. The van der Waals surface area contributed by atoms with E-state index in [4.69, 9.17) is 0 Å². The summed E-state index contributed by atoms with van der Waals surface area (Å²) < 4.78 is 0. The quantitative estimate of drug-likeness (QED) is 0.391. The Morgan fingerprint density at radius 1 is 0.927 bits per heavy atom. The van der Waals surface area contributed by atoms with E-state index in [0.717, 1.165) is 11.1 Å². The molecule has 0 unspecified atom stereocenters. The summed E-state index contributed by atoms with van der Waals surface area (Å²) in [6, 6.07) is 15.7. The first-order chi connectivity index (χ1) is 19.4. The van der Waals surface area contributed by atoms with E-state index in [1.165, 1.54) is 10.5 Å². The number of benzene rings is 2. The summed E-state index contributed by atoms with van der Waals surface area (Å²) in [6.07, 6.45) is 4.28. The van der Waals surface area contributed by atoms with Crippen molar-refractivity contribution in [1.82, 2.24) is 25.8 Å². The zero-order valence-corrected chi connectivity index (χ0v) is 24.9. The van der Waals surface area contributed by atoms with E-state index in [9.17, 15) is 19.2 Å². The maximum absolute atomic E-state index is 13.7. The molecule has 220 valence electrons. The minimum absolute atomic E-state index is 0.177. The van der Waals surface area contributed by atoms with Crippen LogP contribution in [-0.2, 0) is 32.0 Å². The second-order valence-corrected chi connectivity index (χ2v) is 11.6. The second kappa shape index (κ2) is 14.1. The highest BCUT2D eigenvalue weighted by Crippen LogP contribution is 2.21. The number of nitrogens with one attached hydrogen (secondary N) is 3. The SMILES string of the molecule is CN[C@@H](C)C(=O)N[C@H](C(=O)NCC(=O)N1C=CN(CCc2ccc(C)cc2)C(=O)[C@@H]1Cc1ccccc1)C(C)(C)C. The molecule has 1 aliphatic rings. The number of hydrogen-bond acceptors (Lipinski definition) is 5. The van der Waals surface area contributed by atoms with E-state index < -0.39 is 35.4 Å². The zero-order valence-electron chi connectivity index (χ0n) is 24.9. The lowest BCUT2D eigenvalue weighted by Gasteiger charge is -2.36. The highest BCUT2D eigenvalue weighted by atomic mass is 16.2. The number of carbonyl (C=O) groups excluding carboxylic acids is 4. The third kappa shape index (κ3) is 8.75. The zero-order chi connectivity index (χ0) is 30.2. The summed E-state index contributed by atoms with van der Waals surface area (Å²) in [5, 5.41) is 8.33. The molecule has 1 heterocycles. The van der Waals surface area contributed by atoms with Crippen LogP contribution in [-0.4, -0.2) is 71.7 Å². The molecule has 9 heteroatoms. The minimum Gasteiger partial charge on any atom is -0.345 e. The first-order valence-electron chi connectivity index (χ1n) is 14.1. The molecule has 9 nitrogen and oxygen atoms in total. The number of nitrogens with zero attached hydrogens (tertiary/aromatic N) is 2. The van der Waals surface area contributed by atoms with Crippen LogP contribution in [0.15, 0.2) is 67.0 Å². The third-order valence-corrected chi connectivity index (χ3v) is 7.29. The second-order valence-electron chi connectivity index (χ2n) is 11.6. The Morgan fingerprint density at radius 3 is 2.20 bits per heavy atom. The van der Waals surface area contributed by atoms with Crippen molar-refractivity contribution in [3.05, 3.63) is 83.7 Å². The average molecular weight is 562 g/mol. The molecule has 0 radical (unpaired) electrons. The van der Waals surface area contributed by atoms with Crippen LogP contribution in [0.2, 0.25) is 0 Å². The fourth-order valence-corrected chi connectivity index (χ4v) is 4.54. The summed E-state index contributed by atoms with van der Waals surface area (Å²) in [5.74, 6) is -1.37. The first kappa shape index (κ1) is 31.5. The summed E-state index contributed by atoms with van der Waals surface area (Å²) in [6.45, 7) is 9.44. The molecule has 3 N–H and O–H groups in total. The standard InChI is InChI=1S/C32H43N5O4/c1-22-12-14-24(15-13-22)16-17-36-18-19-37(26(31(36)41)20-25-10-8-7-9-11-25)27(38)21-34-30(40)28(32(3,4)5)35-29(39)23(2)33-6/h7-15,18-19,23,26,28,33H,16-17,20-21H2,1-6H3,(H,34,40)(H,35,39)/t23-,26-,28+/m0/s1. The molecular weight excluding hydrogens is 518 g/mol. The maximum atomic E-state index is 13.7. The van der Waals surface area contributed by atoms with Gasteiger partial charge in [0.1, 0.15) is 12.1 Å². The van der Waals surface area contributed by atoms with Crippen LogP contribution in [0.5, 0.6) is 0 Å². The Labute approximate surface area is 243 Å². The minimum atomic E-state index is -0.852. The van der Waals surface area contributed by atoms with Crippen molar-refractivity contribution in [1.29, 1.82) is 0 Å². The predicted octanol–water partition coefficient (Wildman–Crippen LogP) is 2.55. The van der Waals surface area contributed by atoms with Crippen LogP contribution in [0.1, 0.15) is 44.4 Å². The molecule has 4 amide bonds. The molecule has 41 heavy (non-hydrogen) atoms. The van der Waals surface area contributed by atoms with Crippen molar-refractivity contribution in [3.8, 4) is 0 Å². The van der Waals surface area contributed by atoms with E-state index in [0.29, 0.717) is 19.4 Å². The van der Waals surface area contributed by atoms with Gasteiger partial charge in [0, 0.05) is 25.4 Å². The van der Waals surface area contributed by atoms with Crippen LogP contribution in [0.3, 0.4) is 0 Å². The van der Waals surface area contributed by atoms with E-state index in [1.54, 1.807) is 31.3 Å². The Hall–Kier alpha value is -3.98. The molecule has 2 aromatic rings. The van der Waals surface area contributed by atoms with Gasteiger partial charge in [-0.15, -0.1) is 0 Å². The van der Waals surface area contributed by atoms with Crippen LogP contribution >= 0.6 is 0 Å². The van der Waals surface area contributed by atoms with E-state index in [1.807, 2.05) is 70.2 Å². The van der Waals surface area contributed by atoms with Crippen molar-refractivity contribution in [2.24, 2.45) is 5.41 Å². The van der Waals surface area contributed by atoms with E-state index in [-0.39, 0.29) is 18.4 Å². The number of rotatable bonds is 11. The lowest BCUT2D eigenvalue weighted by Crippen LogP contribution is -2.58. The van der Waals surface area contributed by atoms with Gasteiger partial charge in [-0.05, 0) is 43.9 Å². The van der Waals surface area contributed by atoms with E-state index >= 15 is 0 Å². The van der Waals surface area contributed by atoms with Gasteiger partial charge in [-0.25, -0.2) is 0 Å². The Balaban J connectivity index is 1.73. The molecule has 0 bridgehead atoms. The topological polar surface area (TPSA) is 111 Å². The normalized spacial score (nSPS) is 16.7. The molecule has 0 spiro atoms. The first-order valence-corrected chi connectivity index (χ1v) is 14.1. The lowest BCUT2D eigenvalue weighted by molar-refractivity contribution is -0.143. The van der Waals surface area contributed by atoms with E-state index in [2.05, 4.69) is 28.1 Å². The van der Waals surface area contributed by atoms with Gasteiger partial charge in [0.2, 0.25) is 23.6 Å². The van der Waals surface area contributed by atoms with Gasteiger partial charge in [0.15, 0.2) is 0 Å². The largest absolute Gasteiger partial charge is 0.345 e. The number of carbonyl (C=O) groups is 4. The summed E-state index contributed by atoms with van der Waals surface area (Å²) in [4.78, 5) is 55.8. The fourth-order valence-electron chi connectivity index (χ4n) is 4.54.